The second kappa shape index (κ2) is 5.93. The van der Waals surface area contributed by atoms with Gasteiger partial charge in [0, 0.05) is 12.4 Å². The number of nitrogens with zero attached hydrogens (tertiary/aromatic N) is 2. The fourth-order valence-electron chi connectivity index (χ4n) is 2.47. The number of rotatable bonds is 6. The van der Waals surface area contributed by atoms with Crippen molar-refractivity contribution in [3.8, 4) is 0 Å². The molecular formula is C14H21N3O2S. The highest BCUT2D eigenvalue weighted by Gasteiger charge is 2.20. The second-order valence-electron chi connectivity index (χ2n) is 5.20. The van der Waals surface area contributed by atoms with Crippen LogP contribution in [0.15, 0.2) is 24.4 Å². The molecule has 1 atom stereocenters. The average Bonchev–Trinajstić information content (AvgIpc) is 2.75. The number of hydrogen-bond donors (Lipinski definition) is 1. The first-order valence-corrected chi connectivity index (χ1v) is 8.45. The lowest BCUT2D eigenvalue weighted by Gasteiger charge is -2.13. The molecule has 0 bridgehead atoms. The molecule has 0 fully saturated rings. The van der Waals surface area contributed by atoms with E-state index in [-0.39, 0.29) is 0 Å². The third-order valence-corrected chi connectivity index (χ3v) is 5.04. The number of primary sulfonamides is 1. The second-order valence-corrected chi connectivity index (χ2v) is 7.04. The van der Waals surface area contributed by atoms with E-state index < -0.39 is 15.3 Å². The van der Waals surface area contributed by atoms with Crippen molar-refractivity contribution >= 4 is 20.9 Å². The van der Waals surface area contributed by atoms with Gasteiger partial charge in [-0.3, -0.25) is 4.68 Å². The normalized spacial score (nSPS) is 13.8. The fourth-order valence-corrected chi connectivity index (χ4v) is 3.48. The summed E-state index contributed by atoms with van der Waals surface area (Å²) in [5.41, 5.74) is 2.18. The monoisotopic (exact) mass is 295 g/mol. The third-order valence-electron chi connectivity index (χ3n) is 3.64. The molecule has 0 aliphatic rings. The van der Waals surface area contributed by atoms with E-state index in [0.717, 1.165) is 22.9 Å². The summed E-state index contributed by atoms with van der Waals surface area (Å²) < 4.78 is 24.9. The van der Waals surface area contributed by atoms with E-state index in [2.05, 4.69) is 11.2 Å². The molecule has 0 aliphatic carbocycles. The largest absolute Gasteiger partial charge is 0.268 e. The Morgan fingerprint density at radius 2 is 2.10 bits per heavy atom. The van der Waals surface area contributed by atoms with Crippen LogP contribution in [-0.4, -0.2) is 23.4 Å². The SMILES string of the molecule is CCCC(CCc1ccc2cnn(C)c2c1)S(N)(=O)=O. The van der Waals surface area contributed by atoms with Gasteiger partial charge in [0.1, 0.15) is 0 Å². The first kappa shape index (κ1) is 15.0. The predicted octanol–water partition coefficient (Wildman–Crippen LogP) is 1.96. The molecule has 0 amide bonds. The summed E-state index contributed by atoms with van der Waals surface area (Å²) >= 11 is 0. The minimum atomic E-state index is -3.45. The Kier molecular flexibility index (Phi) is 4.45. The number of fused-ring (bicyclic) bond motifs is 1. The molecule has 110 valence electrons. The van der Waals surface area contributed by atoms with Crippen LogP contribution in [0, 0.1) is 0 Å². The van der Waals surface area contributed by atoms with Crippen molar-refractivity contribution < 1.29 is 8.42 Å². The molecule has 1 heterocycles. The van der Waals surface area contributed by atoms with E-state index in [1.54, 1.807) is 0 Å². The molecule has 0 saturated heterocycles. The van der Waals surface area contributed by atoms with E-state index in [4.69, 9.17) is 5.14 Å². The quantitative estimate of drug-likeness (QED) is 0.885. The molecule has 1 aromatic carbocycles. The lowest BCUT2D eigenvalue weighted by molar-refractivity contribution is 0.559. The highest BCUT2D eigenvalue weighted by molar-refractivity contribution is 7.89. The standard InChI is InChI=1S/C14H21N3O2S/c1-3-4-13(20(15,18)19)8-6-11-5-7-12-10-16-17(2)14(12)9-11/h5,7,9-10,13H,3-4,6,8H2,1-2H3,(H2,15,18,19). The number of nitrogens with two attached hydrogens (primary N) is 1. The maximum atomic E-state index is 11.5. The first-order valence-electron chi connectivity index (χ1n) is 6.84. The molecule has 1 aromatic heterocycles. The van der Waals surface area contributed by atoms with Crippen LogP contribution in [0.5, 0.6) is 0 Å². The average molecular weight is 295 g/mol. The van der Waals surface area contributed by atoms with E-state index in [0.29, 0.717) is 19.3 Å². The van der Waals surface area contributed by atoms with Gasteiger partial charge in [0.05, 0.1) is 17.0 Å². The molecular weight excluding hydrogens is 274 g/mol. The minimum Gasteiger partial charge on any atom is -0.268 e. The first-order chi connectivity index (χ1) is 9.41. The molecule has 1 unspecified atom stereocenters. The van der Waals surface area contributed by atoms with Gasteiger partial charge in [-0.25, -0.2) is 13.6 Å². The molecule has 2 rings (SSSR count). The molecule has 0 saturated carbocycles. The van der Waals surface area contributed by atoms with E-state index in [9.17, 15) is 8.42 Å². The summed E-state index contributed by atoms with van der Waals surface area (Å²) in [5.74, 6) is 0. The van der Waals surface area contributed by atoms with Crippen molar-refractivity contribution in [2.45, 2.75) is 37.9 Å². The van der Waals surface area contributed by atoms with Crippen LogP contribution in [-0.2, 0) is 23.5 Å². The molecule has 0 spiro atoms. The number of sulfonamides is 1. The molecule has 20 heavy (non-hydrogen) atoms. The lowest BCUT2D eigenvalue weighted by Crippen LogP contribution is -2.28. The fraction of sp³-hybridized carbons (Fsp3) is 0.500. The molecule has 2 aromatic rings. The van der Waals surface area contributed by atoms with Gasteiger partial charge in [-0.15, -0.1) is 0 Å². The molecule has 0 radical (unpaired) electrons. The summed E-state index contributed by atoms with van der Waals surface area (Å²) in [4.78, 5) is 0. The Morgan fingerprint density at radius 3 is 2.75 bits per heavy atom. The Hall–Kier alpha value is -1.40. The van der Waals surface area contributed by atoms with Gasteiger partial charge in [-0.1, -0.05) is 25.5 Å². The van der Waals surface area contributed by atoms with Gasteiger partial charge in [0.15, 0.2) is 0 Å². The van der Waals surface area contributed by atoms with Crippen molar-refractivity contribution in [3.05, 3.63) is 30.0 Å². The zero-order valence-corrected chi connectivity index (χ0v) is 12.7. The minimum absolute atomic E-state index is 0.449. The van der Waals surface area contributed by atoms with Gasteiger partial charge >= 0.3 is 0 Å². The summed E-state index contributed by atoms with van der Waals surface area (Å²) in [7, 11) is -1.56. The molecule has 0 aliphatic heterocycles. The van der Waals surface area contributed by atoms with Crippen LogP contribution >= 0.6 is 0 Å². The zero-order valence-electron chi connectivity index (χ0n) is 11.9. The summed E-state index contributed by atoms with van der Waals surface area (Å²) in [5, 5.41) is 10.1. The van der Waals surface area contributed by atoms with Crippen molar-refractivity contribution in [1.82, 2.24) is 9.78 Å². The predicted molar refractivity (Wildman–Crippen MR) is 80.8 cm³/mol. The number of hydrogen-bond acceptors (Lipinski definition) is 3. The number of aromatic nitrogens is 2. The lowest BCUT2D eigenvalue weighted by atomic mass is 10.0. The van der Waals surface area contributed by atoms with Gasteiger partial charge < -0.3 is 0 Å². The number of benzene rings is 1. The van der Waals surface area contributed by atoms with E-state index in [1.807, 2.05) is 37.0 Å². The van der Waals surface area contributed by atoms with Crippen LogP contribution in [0.2, 0.25) is 0 Å². The third kappa shape index (κ3) is 3.37. The van der Waals surface area contributed by atoms with Crippen molar-refractivity contribution in [2.75, 3.05) is 0 Å². The van der Waals surface area contributed by atoms with Gasteiger partial charge in [-0.05, 0) is 30.9 Å². The van der Waals surface area contributed by atoms with Crippen LogP contribution in [0.4, 0.5) is 0 Å². The van der Waals surface area contributed by atoms with Crippen LogP contribution in [0.25, 0.3) is 10.9 Å². The Bertz CT molecular complexity index is 692. The van der Waals surface area contributed by atoms with Gasteiger partial charge in [0.2, 0.25) is 10.0 Å². The van der Waals surface area contributed by atoms with Crippen molar-refractivity contribution in [2.24, 2.45) is 12.2 Å². The van der Waals surface area contributed by atoms with Crippen molar-refractivity contribution in [1.29, 1.82) is 0 Å². The van der Waals surface area contributed by atoms with Crippen molar-refractivity contribution in [3.63, 3.8) is 0 Å². The smallest absolute Gasteiger partial charge is 0.211 e. The number of aryl methyl sites for hydroxylation is 2. The molecule has 6 heteroatoms. The van der Waals surface area contributed by atoms with Crippen LogP contribution < -0.4 is 5.14 Å². The van der Waals surface area contributed by atoms with Gasteiger partial charge in [-0.2, -0.15) is 5.10 Å². The van der Waals surface area contributed by atoms with Crippen LogP contribution in [0.3, 0.4) is 0 Å². The maximum absolute atomic E-state index is 11.5. The van der Waals surface area contributed by atoms with E-state index in [1.165, 1.54) is 0 Å². The Morgan fingerprint density at radius 1 is 1.35 bits per heavy atom. The zero-order chi connectivity index (χ0) is 14.8. The summed E-state index contributed by atoms with van der Waals surface area (Å²) in [6, 6.07) is 6.11. The summed E-state index contributed by atoms with van der Waals surface area (Å²) in [6.07, 6.45) is 4.54. The van der Waals surface area contributed by atoms with E-state index >= 15 is 0 Å². The summed E-state index contributed by atoms with van der Waals surface area (Å²) in [6.45, 7) is 1.97. The Labute approximate surface area is 119 Å². The highest BCUT2D eigenvalue weighted by Crippen LogP contribution is 2.18. The van der Waals surface area contributed by atoms with Gasteiger partial charge in [0.25, 0.3) is 0 Å². The molecule has 2 N–H and O–H groups in total. The Balaban J connectivity index is 2.13. The topological polar surface area (TPSA) is 78.0 Å². The highest BCUT2D eigenvalue weighted by atomic mass is 32.2. The molecule has 5 nitrogen and oxygen atoms in total. The maximum Gasteiger partial charge on any atom is 0.211 e. The van der Waals surface area contributed by atoms with Crippen LogP contribution in [0.1, 0.15) is 31.7 Å².